The molecule has 2 aromatic heterocycles. The minimum atomic E-state index is -0.230. The molecular formula is C22H19N3O3S. The minimum Gasteiger partial charge on any atom is -0.467 e. The molecule has 0 bridgehead atoms. The summed E-state index contributed by atoms with van der Waals surface area (Å²) in [6.45, 7) is 2.69. The van der Waals surface area contributed by atoms with E-state index in [2.05, 4.69) is 10.3 Å². The predicted molar refractivity (Wildman–Crippen MR) is 114 cm³/mol. The molecule has 1 amide bonds. The van der Waals surface area contributed by atoms with Crippen LogP contribution in [0, 0.1) is 11.7 Å². The molecule has 0 aliphatic heterocycles. The first-order chi connectivity index (χ1) is 14.0. The summed E-state index contributed by atoms with van der Waals surface area (Å²) in [7, 11) is 0. The Morgan fingerprint density at radius 2 is 1.97 bits per heavy atom. The van der Waals surface area contributed by atoms with Crippen molar-refractivity contribution in [2.24, 2.45) is 0 Å². The fraction of sp³-hybridized carbons (Fsp3) is 0.136. The summed E-state index contributed by atoms with van der Waals surface area (Å²) in [5.41, 5.74) is 2.94. The van der Waals surface area contributed by atoms with Crippen molar-refractivity contribution in [1.29, 1.82) is 0 Å². The molecule has 146 valence electrons. The third kappa shape index (κ3) is 4.05. The molecule has 4 aromatic rings. The van der Waals surface area contributed by atoms with Gasteiger partial charge in [0.1, 0.15) is 5.76 Å². The molecule has 0 radical (unpaired) electrons. The van der Waals surface area contributed by atoms with E-state index in [1.807, 2.05) is 31.2 Å². The minimum absolute atomic E-state index is 0.216. The van der Waals surface area contributed by atoms with E-state index in [9.17, 15) is 9.59 Å². The van der Waals surface area contributed by atoms with Crippen LogP contribution < -0.4 is 10.9 Å². The maximum atomic E-state index is 12.8. The SMILES string of the molecule is Cc1ccc(CNC(=O)c2ccc3c(=O)n(Cc4ccco4)c(=S)[nH]c3c2)cc1. The summed E-state index contributed by atoms with van der Waals surface area (Å²) >= 11 is 5.34. The summed E-state index contributed by atoms with van der Waals surface area (Å²) in [6, 6.07) is 16.4. The lowest BCUT2D eigenvalue weighted by Crippen LogP contribution is -2.24. The van der Waals surface area contributed by atoms with E-state index >= 15 is 0 Å². The number of fused-ring (bicyclic) bond motifs is 1. The van der Waals surface area contributed by atoms with Gasteiger partial charge in [0.15, 0.2) is 4.77 Å². The smallest absolute Gasteiger partial charge is 0.262 e. The third-order valence-corrected chi connectivity index (χ3v) is 5.03. The highest BCUT2D eigenvalue weighted by Crippen LogP contribution is 2.12. The Morgan fingerprint density at radius 3 is 2.69 bits per heavy atom. The van der Waals surface area contributed by atoms with Crippen LogP contribution in [0.25, 0.3) is 10.9 Å². The number of aromatic amines is 1. The average molecular weight is 405 g/mol. The number of aryl methyl sites for hydroxylation is 1. The van der Waals surface area contributed by atoms with Crippen LogP contribution in [-0.4, -0.2) is 15.5 Å². The summed E-state index contributed by atoms with van der Waals surface area (Å²) in [4.78, 5) is 28.4. The molecule has 0 fully saturated rings. The van der Waals surface area contributed by atoms with Crippen molar-refractivity contribution >= 4 is 29.0 Å². The van der Waals surface area contributed by atoms with Gasteiger partial charge in [0, 0.05) is 12.1 Å². The zero-order valence-electron chi connectivity index (χ0n) is 15.8. The van der Waals surface area contributed by atoms with Gasteiger partial charge >= 0.3 is 0 Å². The van der Waals surface area contributed by atoms with E-state index in [-0.39, 0.29) is 22.8 Å². The van der Waals surface area contributed by atoms with Crippen LogP contribution in [0.2, 0.25) is 0 Å². The molecule has 29 heavy (non-hydrogen) atoms. The van der Waals surface area contributed by atoms with Crippen molar-refractivity contribution in [2.45, 2.75) is 20.0 Å². The van der Waals surface area contributed by atoms with Crippen molar-refractivity contribution in [3.05, 3.63) is 98.4 Å². The second-order valence-electron chi connectivity index (χ2n) is 6.83. The molecule has 0 saturated carbocycles. The molecule has 7 heteroatoms. The van der Waals surface area contributed by atoms with Crippen molar-refractivity contribution in [3.63, 3.8) is 0 Å². The predicted octanol–water partition coefficient (Wildman–Crippen LogP) is 3.94. The Bertz CT molecular complexity index is 1290. The molecule has 2 heterocycles. The lowest BCUT2D eigenvalue weighted by atomic mass is 10.1. The molecule has 2 N–H and O–H groups in total. The highest BCUT2D eigenvalue weighted by atomic mass is 32.1. The Labute approximate surface area is 171 Å². The molecule has 0 saturated heterocycles. The second kappa shape index (κ2) is 7.89. The lowest BCUT2D eigenvalue weighted by molar-refractivity contribution is 0.0951. The maximum absolute atomic E-state index is 12.8. The number of rotatable bonds is 5. The van der Waals surface area contributed by atoms with E-state index in [1.165, 1.54) is 10.1 Å². The van der Waals surface area contributed by atoms with E-state index in [0.717, 1.165) is 5.56 Å². The van der Waals surface area contributed by atoms with Gasteiger partial charge in [-0.15, -0.1) is 0 Å². The van der Waals surface area contributed by atoms with Crippen LogP contribution >= 0.6 is 12.2 Å². The highest BCUT2D eigenvalue weighted by molar-refractivity contribution is 7.71. The number of hydrogen-bond acceptors (Lipinski definition) is 4. The van der Waals surface area contributed by atoms with Crippen LogP contribution in [0.1, 0.15) is 27.2 Å². The van der Waals surface area contributed by atoms with Gasteiger partial charge in [0.2, 0.25) is 0 Å². The van der Waals surface area contributed by atoms with E-state index in [1.54, 1.807) is 36.6 Å². The van der Waals surface area contributed by atoms with Gasteiger partial charge in [-0.05, 0) is 55.0 Å². The third-order valence-electron chi connectivity index (χ3n) is 4.71. The van der Waals surface area contributed by atoms with Gasteiger partial charge in [-0.2, -0.15) is 0 Å². The Morgan fingerprint density at radius 1 is 1.17 bits per heavy atom. The fourth-order valence-corrected chi connectivity index (χ4v) is 3.35. The molecule has 0 aliphatic carbocycles. The summed E-state index contributed by atoms with van der Waals surface area (Å²) in [5, 5.41) is 3.35. The standard InChI is InChI=1S/C22H19N3O3S/c1-14-4-6-15(7-5-14)12-23-20(26)16-8-9-18-19(11-16)24-22(29)25(21(18)27)13-17-3-2-10-28-17/h2-11H,12-13H2,1H3,(H,23,26)(H,24,29). The summed E-state index contributed by atoms with van der Waals surface area (Å²) in [6.07, 6.45) is 1.55. The number of nitrogens with zero attached hydrogens (tertiary/aromatic N) is 1. The summed E-state index contributed by atoms with van der Waals surface area (Å²) < 4.78 is 7.02. The average Bonchev–Trinajstić information content (AvgIpc) is 3.23. The van der Waals surface area contributed by atoms with Gasteiger partial charge in [0.05, 0.1) is 23.7 Å². The van der Waals surface area contributed by atoms with Crippen LogP contribution in [0.3, 0.4) is 0 Å². The van der Waals surface area contributed by atoms with Gasteiger partial charge in [-0.25, -0.2) is 0 Å². The largest absolute Gasteiger partial charge is 0.467 e. The second-order valence-corrected chi connectivity index (χ2v) is 7.22. The summed E-state index contributed by atoms with van der Waals surface area (Å²) in [5.74, 6) is 0.421. The molecule has 2 aromatic carbocycles. The number of H-pyrrole nitrogens is 1. The molecule has 0 unspecified atom stereocenters. The lowest BCUT2D eigenvalue weighted by Gasteiger charge is -2.09. The monoisotopic (exact) mass is 405 g/mol. The van der Waals surface area contributed by atoms with Crippen molar-refractivity contribution < 1.29 is 9.21 Å². The molecule has 6 nitrogen and oxygen atoms in total. The van der Waals surface area contributed by atoms with Crippen LogP contribution in [0.4, 0.5) is 0 Å². The Hall–Kier alpha value is -3.45. The molecule has 0 aliphatic rings. The molecule has 4 rings (SSSR count). The highest BCUT2D eigenvalue weighted by Gasteiger charge is 2.11. The van der Waals surface area contributed by atoms with Gasteiger partial charge < -0.3 is 14.7 Å². The van der Waals surface area contributed by atoms with E-state index in [0.29, 0.717) is 28.8 Å². The number of benzene rings is 2. The number of carbonyl (C=O) groups is 1. The fourth-order valence-electron chi connectivity index (χ4n) is 3.09. The topological polar surface area (TPSA) is 80.0 Å². The first-order valence-corrected chi connectivity index (χ1v) is 9.55. The van der Waals surface area contributed by atoms with Crippen LogP contribution in [0.5, 0.6) is 0 Å². The van der Waals surface area contributed by atoms with Crippen molar-refractivity contribution in [3.8, 4) is 0 Å². The van der Waals surface area contributed by atoms with E-state index in [4.69, 9.17) is 16.6 Å². The number of nitrogens with one attached hydrogen (secondary N) is 2. The van der Waals surface area contributed by atoms with E-state index < -0.39 is 0 Å². The number of carbonyl (C=O) groups excluding carboxylic acids is 1. The van der Waals surface area contributed by atoms with Crippen LogP contribution in [0.15, 0.2) is 70.1 Å². The quantitative estimate of drug-likeness (QED) is 0.493. The number of aromatic nitrogens is 2. The number of hydrogen-bond donors (Lipinski definition) is 2. The van der Waals surface area contributed by atoms with Crippen molar-refractivity contribution in [2.75, 3.05) is 0 Å². The van der Waals surface area contributed by atoms with Gasteiger partial charge in [-0.3, -0.25) is 14.2 Å². The number of furan rings is 1. The maximum Gasteiger partial charge on any atom is 0.262 e. The normalized spacial score (nSPS) is 10.9. The van der Waals surface area contributed by atoms with Crippen molar-refractivity contribution in [1.82, 2.24) is 14.9 Å². The number of amides is 1. The first-order valence-electron chi connectivity index (χ1n) is 9.14. The zero-order chi connectivity index (χ0) is 20.4. The zero-order valence-corrected chi connectivity index (χ0v) is 16.6. The van der Waals surface area contributed by atoms with Crippen LogP contribution in [-0.2, 0) is 13.1 Å². The molecule has 0 atom stereocenters. The first kappa shape index (κ1) is 18.9. The molecule has 0 spiro atoms. The Kier molecular flexibility index (Phi) is 5.14. The van der Waals surface area contributed by atoms with Gasteiger partial charge in [-0.1, -0.05) is 29.8 Å². The molecular weight excluding hydrogens is 386 g/mol. The Balaban J connectivity index is 1.59. The van der Waals surface area contributed by atoms with Gasteiger partial charge in [0.25, 0.3) is 11.5 Å².